The lowest BCUT2D eigenvalue weighted by atomic mass is 9.92. The Morgan fingerprint density at radius 3 is 2.62 bits per heavy atom. The topological polar surface area (TPSA) is 54.5 Å². The number of alkyl halides is 2. The number of aromatic nitrogens is 1. The molecule has 7 heteroatoms. The maximum Gasteiger partial charge on any atom is 0.282 e. The molecule has 0 unspecified atom stereocenters. The third kappa shape index (κ3) is 5.05. The van der Waals surface area contributed by atoms with E-state index >= 15 is 0 Å². The van der Waals surface area contributed by atoms with Gasteiger partial charge in [0.05, 0.1) is 19.7 Å². The van der Waals surface area contributed by atoms with Gasteiger partial charge in [-0.3, -0.25) is 4.79 Å². The van der Waals surface area contributed by atoms with E-state index in [1.165, 1.54) is 4.90 Å². The molecule has 0 aromatic carbocycles. The first-order chi connectivity index (χ1) is 12.1. The van der Waals surface area contributed by atoms with Gasteiger partial charge in [-0.1, -0.05) is 20.8 Å². The van der Waals surface area contributed by atoms with Gasteiger partial charge in [-0.2, -0.15) is 0 Å². The van der Waals surface area contributed by atoms with E-state index in [2.05, 4.69) is 31.1 Å². The van der Waals surface area contributed by atoms with Crippen LogP contribution in [0.25, 0.3) is 0 Å². The highest BCUT2D eigenvalue weighted by Gasteiger charge is 2.45. The number of pyridine rings is 1. The first-order valence-corrected chi connectivity index (χ1v) is 9.18. The van der Waals surface area contributed by atoms with Crippen LogP contribution in [0.2, 0.25) is 0 Å². The summed E-state index contributed by atoms with van der Waals surface area (Å²) in [6.45, 7) is 6.72. The Kier molecular flexibility index (Phi) is 5.08. The van der Waals surface area contributed by atoms with Gasteiger partial charge >= 0.3 is 0 Å². The van der Waals surface area contributed by atoms with E-state index in [0.29, 0.717) is 24.8 Å². The fourth-order valence-electron chi connectivity index (χ4n) is 2.71. The van der Waals surface area contributed by atoms with Gasteiger partial charge in [0.25, 0.3) is 11.8 Å². The Morgan fingerprint density at radius 1 is 1.35 bits per heavy atom. The fourth-order valence-corrected chi connectivity index (χ4v) is 2.71. The summed E-state index contributed by atoms with van der Waals surface area (Å²) < 4.78 is 32.2. The quantitative estimate of drug-likeness (QED) is 0.802. The minimum Gasteiger partial charge on any atom is -0.476 e. The second kappa shape index (κ2) is 7.00. The summed E-state index contributed by atoms with van der Waals surface area (Å²) in [6, 6.07) is 3.23. The molecule has 1 saturated carbocycles. The number of carbonyl (C=O) groups is 1. The Bertz CT molecular complexity index is 661. The Labute approximate surface area is 153 Å². The third-order valence-electron chi connectivity index (χ3n) is 4.57. The second-order valence-corrected chi connectivity index (χ2v) is 8.55. The van der Waals surface area contributed by atoms with Gasteiger partial charge in [-0.25, -0.2) is 13.8 Å². The molecule has 1 aliphatic heterocycles. The number of nitrogens with zero attached hydrogens (tertiary/aromatic N) is 2. The van der Waals surface area contributed by atoms with E-state index in [1.54, 1.807) is 12.1 Å². The summed E-state index contributed by atoms with van der Waals surface area (Å²) in [5.41, 5.74) is 0.912. The molecule has 1 aliphatic carbocycles. The lowest BCUT2D eigenvalue weighted by Gasteiger charge is -2.40. The average Bonchev–Trinajstić information content (AvgIpc) is 3.33. The van der Waals surface area contributed by atoms with E-state index < -0.39 is 5.92 Å². The average molecular weight is 367 g/mol. The van der Waals surface area contributed by atoms with Gasteiger partial charge in [-0.15, -0.1) is 0 Å². The van der Waals surface area contributed by atoms with Crippen molar-refractivity contribution in [3.05, 3.63) is 17.8 Å². The fraction of sp³-hybridized carbons (Fsp3) is 0.684. The molecular weight excluding hydrogens is 340 g/mol. The first kappa shape index (κ1) is 18.9. The molecule has 0 bridgehead atoms. The summed E-state index contributed by atoms with van der Waals surface area (Å²) in [4.78, 5) is 18.2. The van der Waals surface area contributed by atoms with Crippen molar-refractivity contribution in [3.8, 4) is 5.88 Å². The zero-order valence-electron chi connectivity index (χ0n) is 15.6. The normalized spacial score (nSPS) is 19.0. The highest BCUT2D eigenvalue weighted by Crippen LogP contribution is 2.37. The molecule has 2 heterocycles. The second-order valence-electron chi connectivity index (χ2n) is 8.55. The van der Waals surface area contributed by atoms with Crippen molar-refractivity contribution in [2.24, 2.45) is 11.3 Å². The molecule has 1 N–H and O–H groups in total. The highest BCUT2D eigenvalue weighted by molar-refractivity contribution is 5.92. The molecule has 2 fully saturated rings. The monoisotopic (exact) mass is 367 g/mol. The van der Waals surface area contributed by atoms with E-state index in [9.17, 15) is 13.6 Å². The molecule has 1 aromatic heterocycles. The van der Waals surface area contributed by atoms with Gasteiger partial charge < -0.3 is 15.0 Å². The van der Waals surface area contributed by atoms with E-state index in [4.69, 9.17) is 4.74 Å². The number of ether oxygens (including phenoxy) is 1. The van der Waals surface area contributed by atoms with E-state index in [-0.39, 0.29) is 36.0 Å². The smallest absolute Gasteiger partial charge is 0.282 e. The summed E-state index contributed by atoms with van der Waals surface area (Å²) in [6.07, 6.45) is 3.08. The van der Waals surface area contributed by atoms with Crippen molar-refractivity contribution in [1.82, 2.24) is 10.3 Å². The Balaban J connectivity index is 1.68. The van der Waals surface area contributed by atoms with Crippen LogP contribution in [0.15, 0.2) is 12.1 Å². The van der Waals surface area contributed by atoms with Crippen molar-refractivity contribution < 1.29 is 18.3 Å². The molecule has 2 aliphatic rings. The predicted octanol–water partition coefficient (Wildman–Crippen LogP) is 3.49. The molecule has 1 amide bonds. The maximum absolute atomic E-state index is 13.2. The molecular formula is C19H27F2N3O2. The summed E-state index contributed by atoms with van der Waals surface area (Å²) in [5.74, 6) is -2.16. The van der Waals surface area contributed by atoms with E-state index in [1.807, 2.05) is 0 Å². The summed E-state index contributed by atoms with van der Waals surface area (Å²) >= 11 is 0. The van der Waals surface area contributed by atoms with Crippen LogP contribution in [0.3, 0.4) is 0 Å². The number of rotatable bonds is 7. The lowest BCUT2D eigenvalue weighted by Crippen LogP contribution is -2.56. The van der Waals surface area contributed by atoms with Gasteiger partial charge in [0.15, 0.2) is 0 Å². The van der Waals surface area contributed by atoms with Gasteiger partial charge in [0, 0.05) is 6.54 Å². The Morgan fingerprint density at radius 2 is 2.04 bits per heavy atom. The molecule has 0 radical (unpaired) electrons. The lowest BCUT2D eigenvalue weighted by molar-refractivity contribution is -0.0265. The van der Waals surface area contributed by atoms with Crippen LogP contribution < -0.4 is 15.0 Å². The molecule has 1 aromatic rings. The first-order valence-electron chi connectivity index (χ1n) is 9.18. The van der Waals surface area contributed by atoms with Crippen LogP contribution in [0.5, 0.6) is 5.88 Å². The van der Waals surface area contributed by atoms with Crippen molar-refractivity contribution in [1.29, 1.82) is 0 Å². The number of hydrogen-bond donors (Lipinski definition) is 1. The zero-order chi connectivity index (χ0) is 18.9. The van der Waals surface area contributed by atoms with Crippen LogP contribution in [0.4, 0.5) is 14.5 Å². The van der Waals surface area contributed by atoms with Crippen LogP contribution in [-0.4, -0.2) is 43.1 Å². The SMILES string of the molecule is CC(C)(C)CCNC(=O)c1ccc(N2CC(F)(F)C2)c(OCC2CC2)n1. The highest BCUT2D eigenvalue weighted by atomic mass is 19.3. The van der Waals surface area contributed by atoms with Crippen LogP contribution >= 0.6 is 0 Å². The van der Waals surface area contributed by atoms with Crippen LogP contribution in [-0.2, 0) is 0 Å². The van der Waals surface area contributed by atoms with E-state index in [0.717, 1.165) is 19.3 Å². The number of anilines is 1. The summed E-state index contributed by atoms with van der Waals surface area (Å²) in [5, 5.41) is 2.86. The van der Waals surface area contributed by atoms with Crippen molar-refractivity contribution in [2.45, 2.75) is 46.0 Å². The Hall–Kier alpha value is -1.92. The molecule has 26 heavy (non-hydrogen) atoms. The molecule has 0 spiro atoms. The number of nitrogens with one attached hydrogen (secondary N) is 1. The number of amides is 1. The van der Waals surface area contributed by atoms with Crippen molar-refractivity contribution >= 4 is 11.6 Å². The maximum atomic E-state index is 13.2. The molecule has 1 saturated heterocycles. The van der Waals surface area contributed by atoms with Crippen LogP contribution in [0, 0.1) is 11.3 Å². The van der Waals surface area contributed by atoms with Crippen LogP contribution in [0.1, 0.15) is 50.5 Å². The van der Waals surface area contributed by atoms with Gasteiger partial charge in [-0.05, 0) is 42.7 Å². The van der Waals surface area contributed by atoms with Crippen molar-refractivity contribution in [3.63, 3.8) is 0 Å². The summed E-state index contributed by atoms with van der Waals surface area (Å²) in [7, 11) is 0. The molecule has 5 nitrogen and oxygen atoms in total. The standard InChI is InChI=1S/C19H27F2N3O2/c1-18(2,3)8-9-22-16(25)14-6-7-15(24-11-19(20,21)12-24)17(23-14)26-10-13-4-5-13/h6-7,13H,4-5,8-12H2,1-3H3,(H,22,25). The number of halogens is 2. The number of hydrogen-bond acceptors (Lipinski definition) is 4. The largest absolute Gasteiger partial charge is 0.476 e. The van der Waals surface area contributed by atoms with Gasteiger partial charge in [0.2, 0.25) is 5.88 Å². The van der Waals surface area contributed by atoms with Gasteiger partial charge in [0.1, 0.15) is 11.4 Å². The minimum absolute atomic E-state index is 0.131. The number of carbonyl (C=O) groups excluding carboxylic acids is 1. The predicted molar refractivity (Wildman–Crippen MR) is 96.0 cm³/mol. The molecule has 0 atom stereocenters. The third-order valence-corrected chi connectivity index (χ3v) is 4.57. The molecule has 3 rings (SSSR count). The zero-order valence-corrected chi connectivity index (χ0v) is 15.6. The molecule has 144 valence electrons. The minimum atomic E-state index is -2.67. The van der Waals surface area contributed by atoms with Crippen molar-refractivity contribution in [2.75, 3.05) is 31.1 Å².